The van der Waals surface area contributed by atoms with Gasteiger partial charge in [-0.1, -0.05) is 39.7 Å². The van der Waals surface area contributed by atoms with Gasteiger partial charge in [0.2, 0.25) is 0 Å². The number of para-hydroxylation sites is 1. The van der Waals surface area contributed by atoms with Crippen LogP contribution in [-0.2, 0) is 5.33 Å². The maximum atomic E-state index is 8.89. The third-order valence-corrected chi connectivity index (χ3v) is 3.60. The topological polar surface area (TPSA) is 42.2 Å². The number of nitriles is 1. The summed E-state index contributed by atoms with van der Waals surface area (Å²) >= 11 is 9.57. The lowest BCUT2D eigenvalue weighted by atomic mass is 10.2. The van der Waals surface area contributed by atoms with Crippen LogP contribution in [0, 0.1) is 11.3 Å². The van der Waals surface area contributed by atoms with Crippen molar-refractivity contribution in [2.45, 2.75) is 5.33 Å². The Hall–Kier alpha value is -1.70. The molecule has 0 saturated carbocycles. The number of nitrogens with zero attached hydrogens (tertiary/aromatic N) is 1. The van der Waals surface area contributed by atoms with Gasteiger partial charge in [-0.15, -0.1) is 0 Å². The minimum absolute atomic E-state index is 0.490. The standard InChI is InChI=1S/C15H11BrClNO2/c1-19-14-7-10(9-18)5-6-13(14)20-15-11(8-16)3-2-4-12(15)17/h2-7H,8H2,1H3. The van der Waals surface area contributed by atoms with Crippen LogP contribution in [0.15, 0.2) is 36.4 Å². The lowest BCUT2D eigenvalue weighted by Gasteiger charge is -2.14. The van der Waals surface area contributed by atoms with Gasteiger partial charge in [0, 0.05) is 17.0 Å². The number of halogens is 2. The molecule has 0 radical (unpaired) electrons. The Morgan fingerprint density at radius 2 is 2.05 bits per heavy atom. The van der Waals surface area contributed by atoms with Gasteiger partial charge < -0.3 is 9.47 Å². The van der Waals surface area contributed by atoms with E-state index in [1.54, 1.807) is 24.3 Å². The van der Waals surface area contributed by atoms with Crippen LogP contribution in [0.3, 0.4) is 0 Å². The Bertz CT molecular complexity index is 667. The first-order chi connectivity index (χ1) is 9.69. The van der Waals surface area contributed by atoms with Crippen LogP contribution in [-0.4, -0.2) is 7.11 Å². The van der Waals surface area contributed by atoms with Crippen LogP contribution >= 0.6 is 27.5 Å². The molecule has 0 amide bonds. The van der Waals surface area contributed by atoms with Gasteiger partial charge in [0.1, 0.15) is 5.75 Å². The smallest absolute Gasteiger partial charge is 0.169 e. The van der Waals surface area contributed by atoms with Crippen LogP contribution in [0.25, 0.3) is 0 Å². The fraction of sp³-hybridized carbons (Fsp3) is 0.133. The minimum Gasteiger partial charge on any atom is -0.493 e. The molecule has 0 aromatic heterocycles. The van der Waals surface area contributed by atoms with Crippen molar-refractivity contribution in [1.82, 2.24) is 0 Å². The van der Waals surface area contributed by atoms with Crippen molar-refractivity contribution in [2.24, 2.45) is 0 Å². The molecule has 102 valence electrons. The quantitative estimate of drug-likeness (QED) is 0.734. The normalized spacial score (nSPS) is 9.90. The average molecular weight is 353 g/mol. The molecule has 2 rings (SSSR count). The molecule has 0 heterocycles. The number of hydrogen-bond donors (Lipinski definition) is 0. The zero-order valence-electron chi connectivity index (χ0n) is 10.7. The van der Waals surface area contributed by atoms with Gasteiger partial charge in [0.25, 0.3) is 0 Å². The van der Waals surface area contributed by atoms with Gasteiger partial charge in [-0.25, -0.2) is 0 Å². The molecule has 0 atom stereocenters. The number of methoxy groups -OCH3 is 1. The van der Waals surface area contributed by atoms with E-state index in [1.165, 1.54) is 7.11 Å². The number of benzene rings is 2. The predicted octanol–water partition coefficient (Wildman–Crippen LogP) is 4.91. The van der Waals surface area contributed by atoms with Crippen molar-refractivity contribution in [2.75, 3.05) is 7.11 Å². The van der Waals surface area contributed by atoms with Crippen molar-refractivity contribution < 1.29 is 9.47 Å². The maximum absolute atomic E-state index is 8.89. The Morgan fingerprint density at radius 3 is 2.70 bits per heavy atom. The van der Waals surface area contributed by atoms with Crippen molar-refractivity contribution in [3.05, 3.63) is 52.5 Å². The maximum Gasteiger partial charge on any atom is 0.169 e. The summed E-state index contributed by atoms with van der Waals surface area (Å²) in [5.74, 6) is 1.58. The fourth-order valence-corrected chi connectivity index (χ4v) is 2.38. The number of hydrogen-bond acceptors (Lipinski definition) is 3. The Kier molecular flexibility index (Phi) is 4.89. The molecule has 0 aliphatic carbocycles. The Labute approximate surface area is 130 Å². The van der Waals surface area contributed by atoms with E-state index < -0.39 is 0 Å². The molecule has 3 nitrogen and oxygen atoms in total. The molecular formula is C15H11BrClNO2. The summed E-state index contributed by atoms with van der Waals surface area (Å²) in [6.07, 6.45) is 0. The second-order valence-electron chi connectivity index (χ2n) is 3.94. The van der Waals surface area contributed by atoms with Crippen molar-refractivity contribution in [3.63, 3.8) is 0 Å². The first kappa shape index (κ1) is 14.7. The van der Waals surface area contributed by atoms with E-state index >= 15 is 0 Å². The molecule has 0 saturated heterocycles. The van der Waals surface area contributed by atoms with E-state index in [2.05, 4.69) is 22.0 Å². The summed E-state index contributed by atoms with van der Waals surface area (Å²) in [5.41, 5.74) is 1.44. The van der Waals surface area contributed by atoms with Crippen LogP contribution in [0.5, 0.6) is 17.2 Å². The summed E-state index contributed by atoms with van der Waals surface area (Å²) in [4.78, 5) is 0. The second-order valence-corrected chi connectivity index (χ2v) is 4.91. The van der Waals surface area contributed by atoms with Gasteiger partial charge >= 0.3 is 0 Å². The van der Waals surface area contributed by atoms with Crippen LogP contribution in [0.2, 0.25) is 5.02 Å². The van der Waals surface area contributed by atoms with Gasteiger partial charge in [0.15, 0.2) is 11.5 Å². The molecule has 0 bridgehead atoms. The van der Waals surface area contributed by atoms with E-state index in [9.17, 15) is 0 Å². The molecule has 20 heavy (non-hydrogen) atoms. The largest absolute Gasteiger partial charge is 0.493 e. The number of rotatable bonds is 4. The van der Waals surface area contributed by atoms with E-state index in [-0.39, 0.29) is 0 Å². The highest BCUT2D eigenvalue weighted by Crippen LogP contribution is 2.38. The highest BCUT2D eigenvalue weighted by atomic mass is 79.9. The zero-order chi connectivity index (χ0) is 14.5. The van der Waals surface area contributed by atoms with E-state index in [0.717, 1.165) is 5.56 Å². The number of alkyl halides is 1. The lowest BCUT2D eigenvalue weighted by molar-refractivity contribution is 0.378. The number of ether oxygens (including phenoxy) is 2. The fourth-order valence-electron chi connectivity index (χ4n) is 1.70. The molecule has 0 fully saturated rings. The van der Waals surface area contributed by atoms with Crippen LogP contribution in [0.1, 0.15) is 11.1 Å². The second kappa shape index (κ2) is 6.65. The first-order valence-corrected chi connectivity index (χ1v) is 7.29. The SMILES string of the molecule is COc1cc(C#N)ccc1Oc1c(Cl)cccc1CBr. The third-order valence-electron chi connectivity index (χ3n) is 2.70. The summed E-state index contributed by atoms with van der Waals surface area (Å²) in [7, 11) is 1.53. The summed E-state index contributed by atoms with van der Waals surface area (Å²) in [5, 5.41) is 10.0. The molecule has 5 heteroatoms. The van der Waals surface area contributed by atoms with Crippen molar-refractivity contribution in [3.8, 4) is 23.3 Å². The van der Waals surface area contributed by atoms with Gasteiger partial charge in [-0.3, -0.25) is 0 Å². The van der Waals surface area contributed by atoms with Gasteiger partial charge in [0.05, 0.1) is 23.8 Å². The highest BCUT2D eigenvalue weighted by molar-refractivity contribution is 9.08. The Balaban J connectivity index is 2.43. The van der Waals surface area contributed by atoms with Gasteiger partial charge in [-0.05, 0) is 18.2 Å². The molecular weight excluding hydrogens is 342 g/mol. The van der Waals surface area contributed by atoms with Gasteiger partial charge in [-0.2, -0.15) is 5.26 Å². The molecule has 0 aliphatic heterocycles. The van der Waals surface area contributed by atoms with Crippen LogP contribution < -0.4 is 9.47 Å². The lowest BCUT2D eigenvalue weighted by Crippen LogP contribution is -1.94. The Morgan fingerprint density at radius 1 is 1.25 bits per heavy atom. The van der Waals surface area contributed by atoms with E-state index in [4.69, 9.17) is 26.3 Å². The molecule has 0 aliphatic rings. The monoisotopic (exact) mass is 351 g/mol. The van der Waals surface area contributed by atoms with Crippen LogP contribution in [0.4, 0.5) is 0 Å². The van der Waals surface area contributed by atoms with Crippen molar-refractivity contribution >= 4 is 27.5 Å². The minimum atomic E-state index is 0.490. The van der Waals surface area contributed by atoms with Crippen molar-refractivity contribution in [1.29, 1.82) is 5.26 Å². The molecule has 0 N–H and O–H groups in total. The summed E-state index contributed by atoms with van der Waals surface area (Å²) in [6.45, 7) is 0. The first-order valence-electron chi connectivity index (χ1n) is 5.79. The third kappa shape index (κ3) is 3.06. The molecule has 0 spiro atoms. The highest BCUT2D eigenvalue weighted by Gasteiger charge is 2.12. The zero-order valence-corrected chi connectivity index (χ0v) is 13.0. The molecule has 2 aromatic rings. The average Bonchev–Trinajstić information content (AvgIpc) is 2.49. The summed E-state index contributed by atoms with van der Waals surface area (Å²) < 4.78 is 11.1. The summed E-state index contributed by atoms with van der Waals surface area (Å²) in [6, 6.07) is 12.6. The van der Waals surface area contributed by atoms with E-state index in [0.29, 0.717) is 33.2 Å². The molecule has 0 unspecified atom stereocenters. The molecule has 2 aromatic carbocycles. The predicted molar refractivity (Wildman–Crippen MR) is 81.9 cm³/mol. The van der Waals surface area contributed by atoms with E-state index in [1.807, 2.05) is 12.1 Å².